The smallest absolute Gasteiger partial charge is 0.124 e. The molecule has 0 amide bonds. The van der Waals surface area contributed by atoms with E-state index in [2.05, 4.69) is 44.2 Å². The zero-order valence-electron chi connectivity index (χ0n) is 20.6. The monoisotopic (exact) mass is 480 g/mol. The third-order valence-corrected chi connectivity index (χ3v) is 6.08. The summed E-state index contributed by atoms with van der Waals surface area (Å²) in [5.74, 6) is 1.48. The summed E-state index contributed by atoms with van der Waals surface area (Å²) in [4.78, 5) is 15.9. The van der Waals surface area contributed by atoms with E-state index >= 15 is 0 Å². The van der Waals surface area contributed by atoms with E-state index in [0.717, 1.165) is 64.6 Å². The second kappa shape index (κ2) is 10.4. The number of aromatic nitrogens is 5. The first-order valence-electron chi connectivity index (χ1n) is 11.8. The molecule has 2 aromatic carbocycles. The van der Waals surface area contributed by atoms with E-state index in [1.165, 1.54) is 5.56 Å². The van der Waals surface area contributed by atoms with Gasteiger partial charge in [0.25, 0.3) is 0 Å². The predicted octanol–water partition coefficient (Wildman–Crippen LogP) is 5.21. The van der Waals surface area contributed by atoms with Gasteiger partial charge in [-0.1, -0.05) is 0 Å². The molecule has 0 fully saturated rings. The van der Waals surface area contributed by atoms with Crippen LogP contribution in [0.3, 0.4) is 0 Å². The molecule has 0 saturated heterocycles. The number of ether oxygens (including phenoxy) is 2. The molecular formula is C28H28N6O2. The first kappa shape index (κ1) is 23.3. The molecule has 0 saturated carbocycles. The average molecular weight is 481 g/mol. The summed E-state index contributed by atoms with van der Waals surface area (Å²) < 4.78 is 12.9. The molecular weight excluding hydrogens is 452 g/mol. The van der Waals surface area contributed by atoms with E-state index < -0.39 is 0 Å². The highest BCUT2D eigenvalue weighted by molar-refractivity contribution is 5.82. The number of hydrogen-bond donors (Lipinski definition) is 0. The van der Waals surface area contributed by atoms with Crippen molar-refractivity contribution in [3.63, 3.8) is 0 Å². The third kappa shape index (κ3) is 5.12. The Morgan fingerprint density at radius 1 is 0.861 bits per heavy atom. The van der Waals surface area contributed by atoms with Crippen LogP contribution in [-0.2, 0) is 13.5 Å². The van der Waals surface area contributed by atoms with Crippen LogP contribution >= 0.6 is 0 Å². The molecule has 5 rings (SSSR count). The quantitative estimate of drug-likeness (QED) is 0.286. The van der Waals surface area contributed by atoms with Crippen LogP contribution in [0.2, 0.25) is 0 Å². The molecule has 0 N–H and O–H groups in total. The van der Waals surface area contributed by atoms with Gasteiger partial charge < -0.3 is 14.4 Å². The summed E-state index contributed by atoms with van der Waals surface area (Å²) in [5.41, 5.74) is 6.65. The molecule has 3 heterocycles. The zero-order chi connectivity index (χ0) is 24.9. The van der Waals surface area contributed by atoms with E-state index in [-0.39, 0.29) is 0 Å². The molecule has 3 aromatic heterocycles. The Morgan fingerprint density at radius 2 is 1.64 bits per heavy atom. The Bertz CT molecular complexity index is 1450. The summed E-state index contributed by atoms with van der Waals surface area (Å²) in [7, 11) is 5.22. The number of rotatable bonds is 9. The minimum absolute atomic E-state index is 0.739. The summed E-state index contributed by atoms with van der Waals surface area (Å²) in [6, 6.07) is 16.2. The number of aryl methyl sites for hydroxylation is 2. The lowest BCUT2D eigenvalue weighted by molar-refractivity contribution is 0.394. The summed E-state index contributed by atoms with van der Waals surface area (Å²) in [5, 5.41) is 4.26. The Kier molecular flexibility index (Phi) is 6.75. The van der Waals surface area contributed by atoms with Crippen molar-refractivity contribution < 1.29 is 9.47 Å². The van der Waals surface area contributed by atoms with Crippen LogP contribution in [0.15, 0.2) is 79.5 Å². The summed E-state index contributed by atoms with van der Waals surface area (Å²) >= 11 is 0. The minimum Gasteiger partial charge on any atom is -0.497 e. The molecule has 36 heavy (non-hydrogen) atoms. The molecule has 0 radical (unpaired) electrons. The highest BCUT2D eigenvalue weighted by Gasteiger charge is 2.15. The maximum atomic E-state index is 5.55. The van der Waals surface area contributed by atoms with Crippen molar-refractivity contribution >= 4 is 22.4 Å². The van der Waals surface area contributed by atoms with Crippen molar-refractivity contribution in [2.24, 2.45) is 7.05 Å². The molecule has 0 bridgehead atoms. The van der Waals surface area contributed by atoms with Crippen molar-refractivity contribution in [2.45, 2.75) is 12.8 Å². The Labute approximate surface area is 210 Å². The first-order chi connectivity index (χ1) is 17.6. The highest BCUT2D eigenvalue weighted by atomic mass is 16.5. The number of benzene rings is 2. The number of anilines is 2. The maximum absolute atomic E-state index is 5.55. The highest BCUT2D eigenvalue weighted by Crippen LogP contribution is 2.34. The molecule has 0 aliphatic rings. The first-order valence-corrected chi connectivity index (χ1v) is 11.8. The van der Waals surface area contributed by atoms with E-state index in [4.69, 9.17) is 14.5 Å². The van der Waals surface area contributed by atoms with Crippen LogP contribution in [0.1, 0.15) is 12.0 Å². The molecule has 0 unspecified atom stereocenters. The normalized spacial score (nSPS) is 11.0. The van der Waals surface area contributed by atoms with E-state index in [1.54, 1.807) is 31.3 Å². The lowest BCUT2D eigenvalue weighted by Crippen LogP contribution is -2.19. The van der Waals surface area contributed by atoms with Gasteiger partial charge in [0.05, 0.1) is 43.3 Å². The number of methoxy groups -OCH3 is 2. The second-order valence-corrected chi connectivity index (χ2v) is 8.51. The van der Waals surface area contributed by atoms with Gasteiger partial charge in [0.15, 0.2) is 0 Å². The molecule has 0 spiro atoms. The topological polar surface area (TPSA) is 78.2 Å². The lowest BCUT2D eigenvalue weighted by Gasteiger charge is -2.26. The van der Waals surface area contributed by atoms with Crippen LogP contribution in [0, 0.1) is 0 Å². The van der Waals surface area contributed by atoms with E-state index in [9.17, 15) is 0 Å². The largest absolute Gasteiger partial charge is 0.497 e. The van der Waals surface area contributed by atoms with Gasteiger partial charge in [-0.3, -0.25) is 14.6 Å². The Balaban J connectivity index is 1.52. The Hall–Kier alpha value is -4.46. The number of fused-ring (bicyclic) bond motifs is 1. The fourth-order valence-corrected chi connectivity index (χ4v) is 4.21. The van der Waals surface area contributed by atoms with Gasteiger partial charge in [-0.15, -0.1) is 0 Å². The zero-order valence-corrected chi connectivity index (χ0v) is 20.6. The van der Waals surface area contributed by atoms with Crippen molar-refractivity contribution in [1.29, 1.82) is 0 Å². The van der Waals surface area contributed by atoms with Crippen molar-refractivity contribution in [2.75, 3.05) is 25.7 Å². The fraction of sp³-hybridized carbons (Fsp3) is 0.214. The molecule has 5 aromatic rings. The van der Waals surface area contributed by atoms with Crippen LogP contribution in [0.25, 0.3) is 22.3 Å². The predicted molar refractivity (Wildman–Crippen MR) is 141 cm³/mol. The van der Waals surface area contributed by atoms with E-state index in [1.807, 2.05) is 49.9 Å². The number of hydrogen-bond acceptors (Lipinski definition) is 7. The molecule has 8 nitrogen and oxygen atoms in total. The number of pyridine rings is 1. The standard InChI is InChI=1S/C28H28N6O2/c1-33-19-21(17-31-33)28-18-30-26-7-6-22(15-27(26)32-28)34(12-4-5-20-8-10-29-11-9-20)23-13-24(35-2)16-25(14-23)36-3/h6-11,13-19H,4-5,12H2,1-3H3. The van der Waals surface area contributed by atoms with Gasteiger partial charge >= 0.3 is 0 Å². The minimum atomic E-state index is 0.739. The van der Waals surface area contributed by atoms with Crippen LogP contribution in [-0.4, -0.2) is 45.5 Å². The lowest BCUT2D eigenvalue weighted by atomic mass is 10.1. The molecule has 8 heteroatoms. The van der Waals surface area contributed by atoms with Gasteiger partial charge in [0, 0.05) is 67.3 Å². The van der Waals surface area contributed by atoms with Gasteiger partial charge in [0.1, 0.15) is 11.5 Å². The summed E-state index contributed by atoms with van der Waals surface area (Å²) in [6.45, 7) is 0.792. The van der Waals surface area contributed by atoms with Crippen molar-refractivity contribution in [1.82, 2.24) is 24.7 Å². The molecule has 0 aliphatic carbocycles. The summed E-state index contributed by atoms with van der Waals surface area (Å²) in [6.07, 6.45) is 11.1. The maximum Gasteiger partial charge on any atom is 0.124 e. The van der Waals surface area contributed by atoms with E-state index in [0.29, 0.717) is 0 Å². The van der Waals surface area contributed by atoms with Gasteiger partial charge in [-0.05, 0) is 48.7 Å². The molecule has 0 atom stereocenters. The SMILES string of the molecule is COc1cc(OC)cc(N(CCCc2ccncc2)c2ccc3ncc(-c4cnn(C)c4)nc3c2)c1. The third-order valence-electron chi connectivity index (χ3n) is 6.08. The molecule has 0 aliphatic heterocycles. The molecule has 182 valence electrons. The van der Waals surface area contributed by atoms with Crippen molar-refractivity contribution in [3.8, 4) is 22.8 Å². The second-order valence-electron chi connectivity index (χ2n) is 8.51. The van der Waals surface area contributed by atoms with Crippen LogP contribution in [0.4, 0.5) is 11.4 Å². The van der Waals surface area contributed by atoms with Gasteiger partial charge in [-0.25, -0.2) is 4.98 Å². The average Bonchev–Trinajstić information content (AvgIpc) is 3.37. The van der Waals surface area contributed by atoms with Crippen molar-refractivity contribution in [3.05, 3.63) is 85.1 Å². The number of nitrogens with zero attached hydrogens (tertiary/aromatic N) is 6. The van der Waals surface area contributed by atoms with Gasteiger partial charge in [0.2, 0.25) is 0 Å². The van der Waals surface area contributed by atoms with Crippen LogP contribution in [0.5, 0.6) is 11.5 Å². The van der Waals surface area contributed by atoms with Crippen LogP contribution < -0.4 is 14.4 Å². The fourth-order valence-electron chi connectivity index (χ4n) is 4.21. The Morgan fingerprint density at radius 3 is 2.33 bits per heavy atom. The van der Waals surface area contributed by atoms with Gasteiger partial charge in [-0.2, -0.15) is 5.10 Å².